The Labute approximate surface area is 104 Å². The first-order valence-electron chi connectivity index (χ1n) is 6.63. The third-order valence-corrected chi connectivity index (χ3v) is 4.29. The van der Waals surface area contributed by atoms with Gasteiger partial charge in [-0.05, 0) is 32.2 Å². The van der Waals surface area contributed by atoms with Crippen molar-refractivity contribution < 1.29 is 9.53 Å². The van der Waals surface area contributed by atoms with Crippen LogP contribution in [0.15, 0.2) is 0 Å². The van der Waals surface area contributed by atoms with Gasteiger partial charge in [-0.15, -0.1) is 0 Å². The van der Waals surface area contributed by atoms with Crippen LogP contribution in [0.4, 0.5) is 0 Å². The number of rotatable bonds is 3. The van der Waals surface area contributed by atoms with Crippen LogP contribution < -0.4 is 5.32 Å². The van der Waals surface area contributed by atoms with E-state index in [1.54, 1.807) is 0 Å². The van der Waals surface area contributed by atoms with Crippen LogP contribution in [0.25, 0.3) is 0 Å². The molecule has 2 aliphatic rings. The Balaban J connectivity index is 1.95. The first kappa shape index (κ1) is 12.8. The number of carbonyl (C=O) groups excluding carboxylic acids is 1. The number of likely N-dealkylation sites (N-methyl/N-ethyl adjacent to an activating group) is 1. The number of carbonyl (C=O) groups is 1. The van der Waals surface area contributed by atoms with Crippen molar-refractivity contribution in [3.8, 4) is 0 Å². The zero-order valence-corrected chi connectivity index (χ0v) is 11.1. The maximum absolute atomic E-state index is 11.7. The Bertz CT molecular complexity index is 277. The molecule has 1 aliphatic carbocycles. The molecule has 1 heterocycles. The second-order valence-electron chi connectivity index (χ2n) is 5.63. The van der Waals surface area contributed by atoms with Crippen molar-refractivity contribution in [1.82, 2.24) is 10.2 Å². The molecule has 4 nitrogen and oxygen atoms in total. The molecule has 1 N–H and O–H groups in total. The van der Waals surface area contributed by atoms with Gasteiger partial charge in [0.15, 0.2) is 0 Å². The summed E-state index contributed by atoms with van der Waals surface area (Å²) in [7, 11) is 3.47. The fraction of sp³-hybridized carbons (Fsp3) is 0.923. The van der Waals surface area contributed by atoms with Crippen LogP contribution in [0.3, 0.4) is 0 Å². The van der Waals surface area contributed by atoms with Crippen molar-refractivity contribution in [3.63, 3.8) is 0 Å². The van der Waals surface area contributed by atoms with E-state index in [2.05, 4.69) is 17.1 Å². The highest BCUT2D eigenvalue weighted by molar-refractivity contribution is 5.72. The summed E-state index contributed by atoms with van der Waals surface area (Å²) in [6.07, 6.45) is 3.47. The zero-order valence-electron chi connectivity index (χ0n) is 11.1. The summed E-state index contributed by atoms with van der Waals surface area (Å²) >= 11 is 0. The SMILES string of the molecule is CNC1CC(C(=O)OC)CN(C2CC(C)C2)C1. The van der Waals surface area contributed by atoms with Crippen molar-refractivity contribution in [2.45, 2.75) is 38.3 Å². The highest BCUT2D eigenvalue weighted by Crippen LogP contribution is 2.33. The van der Waals surface area contributed by atoms with Crippen molar-refractivity contribution in [2.24, 2.45) is 11.8 Å². The van der Waals surface area contributed by atoms with Gasteiger partial charge in [0.25, 0.3) is 0 Å². The predicted octanol–water partition coefficient (Wildman–Crippen LogP) is 0.868. The standard InChI is InChI=1S/C13H24N2O2/c1-9-4-12(5-9)15-7-10(13(16)17-3)6-11(8-15)14-2/h9-12,14H,4-8H2,1-3H3. The van der Waals surface area contributed by atoms with E-state index in [-0.39, 0.29) is 11.9 Å². The van der Waals surface area contributed by atoms with Crippen LogP contribution >= 0.6 is 0 Å². The highest BCUT2D eigenvalue weighted by atomic mass is 16.5. The first-order chi connectivity index (χ1) is 8.13. The van der Waals surface area contributed by atoms with Gasteiger partial charge in [0, 0.05) is 25.2 Å². The van der Waals surface area contributed by atoms with Gasteiger partial charge in [0.1, 0.15) is 0 Å². The van der Waals surface area contributed by atoms with Crippen LogP contribution in [0.1, 0.15) is 26.2 Å². The lowest BCUT2D eigenvalue weighted by molar-refractivity contribution is -0.148. The molecule has 2 atom stereocenters. The number of piperidine rings is 1. The molecule has 0 bridgehead atoms. The van der Waals surface area contributed by atoms with E-state index in [0.717, 1.165) is 25.4 Å². The number of esters is 1. The van der Waals surface area contributed by atoms with E-state index in [1.165, 1.54) is 20.0 Å². The molecule has 0 amide bonds. The van der Waals surface area contributed by atoms with E-state index in [1.807, 2.05) is 7.05 Å². The summed E-state index contributed by atoms with van der Waals surface area (Å²) in [5.74, 6) is 0.843. The Kier molecular flexibility index (Phi) is 4.05. The number of methoxy groups -OCH3 is 1. The third-order valence-electron chi connectivity index (χ3n) is 4.29. The average Bonchev–Trinajstić information content (AvgIpc) is 2.33. The van der Waals surface area contributed by atoms with Crippen molar-refractivity contribution in [1.29, 1.82) is 0 Å². The van der Waals surface area contributed by atoms with Gasteiger partial charge in [0.2, 0.25) is 0 Å². The van der Waals surface area contributed by atoms with Crippen LogP contribution in [-0.2, 0) is 9.53 Å². The molecule has 98 valence electrons. The lowest BCUT2D eigenvalue weighted by Crippen LogP contribution is -2.56. The quantitative estimate of drug-likeness (QED) is 0.743. The number of nitrogens with one attached hydrogen (secondary N) is 1. The molecule has 2 unspecified atom stereocenters. The Morgan fingerprint density at radius 2 is 2.00 bits per heavy atom. The summed E-state index contributed by atoms with van der Waals surface area (Å²) in [4.78, 5) is 14.2. The molecule has 0 aromatic carbocycles. The van der Waals surface area contributed by atoms with Crippen molar-refractivity contribution >= 4 is 5.97 Å². The molecule has 0 aromatic rings. The molecule has 0 spiro atoms. The maximum Gasteiger partial charge on any atom is 0.310 e. The smallest absolute Gasteiger partial charge is 0.310 e. The number of hydrogen-bond donors (Lipinski definition) is 1. The van der Waals surface area contributed by atoms with Crippen LogP contribution in [0, 0.1) is 11.8 Å². The number of likely N-dealkylation sites (tertiary alicyclic amines) is 1. The van der Waals surface area contributed by atoms with E-state index in [9.17, 15) is 4.79 Å². The third kappa shape index (κ3) is 2.80. The van der Waals surface area contributed by atoms with Crippen molar-refractivity contribution in [2.75, 3.05) is 27.2 Å². The second kappa shape index (κ2) is 5.36. The molecule has 1 aliphatic heterocycles. The van der Waals surface area contributed by atoms with E-state index < -0.39 is 0 Å². The topological polar surface area (TPSA) is 41.6 Å². The highest BCUT2D eigenvalue weighted by Gasteiger charge is 2.38. The average molecular weight is 240 g/mol. The fourth-order valence-electron chi connectivity index (χ4n) is 3.14. The minimum absolute atomic E-state index is 0.0436. The minimum Gasteiger partial charge on any atom is -0.469 e. The predicted molar refractivity (Wildman–Crippen MR) is 66.7 cm³/mol. The van der Waals surface area contributed by atoms with E-state index >= 15 is 0 Å². The van der Waals surface area contributed by atoms with Crippen LogP contribution in [0.2, 0.25) is 0 Å². The lowest BCUT2D eigenvalue weighted by Gasteiger charge is -2.46. The number of nitrogens with zero attached hydrogens (tertiary/aromatic N) is 1. The van der Waals surface area contributed by atoms with Crippen molar-refractivity contribution in [3.05, 3.63) is 0 Å². The van der Waals surface area contributed by atoms with Crippen LogP contribution in [0.5, 0.6) is 0 Å². The van der Waals surface area contributed by atoms with Gasteiger partial charge >= 0.3 is 5.97 Å². The summed E-state index contributed by atoms with van der Waals surface area (Å²) in [6.45, 7) is 4.25. The molecule has 0 radical (unpaired) electrons. The normalized spacial score (nSPS) is 38.5. The molecule has 0 aromatic heterocycles. The Morgan fingerprint density at radius 1 is 1.29 bits per heavy atom. The summed E-state index contributed by atoms with van der Waals surface area (Å²) in [5, 5.41) is 3.31. The second-order valence-corrected chi connectivity index (χ2v) is 5.63. The van der Waals surface area contributed by atoms with Gasteiger partial charge in [0.05, 0.1) is 13.0 Å². The van der Waals surface area contributed by atoms with Gasteiger partial charge in [-0.25, -0.2) is 0 Å². The van der Waals surface area contributed by atoms with E-state index in [0.29, 0.717) is 12.1 Å². The number of hydrogen-bond acceptors (Lipinski definition) is 4. The fourth-order valence-corrected chi connectivity index (χ4v) is 3.14. The summed E-state index contributed by atoms with van der Waals surface area (Å²) < 4.78 is 4.89. The van der Waals surface area contributed by atoms with Gasteiger partial charge in [-0.3, -0.25) is 9.69 Å². The molecule has 17 heavy (non-hydrogen) atoms. The number of ether oxygens (including phenoxy) is 1. The maximum atomic E-state index is 11.7. The molecule has 2 rings (SSSR count). The van der Waals surface area contributed by atoms with Gasteiger partial charge < -0.3 is 10.1 Å². The minimum atomic E-state index is -0.0534. The largest absolute Gasteiger partial charge is 0.469 e. The lowest BCUT2D eigenvalue weighted by atomic mass is 9.79. The molecule has 4 heteroatoms. The van der Waals surface area contributed by atoms with Gasteiger partial charge in [-0.1, -0.05) is 6.92 Å². The Hall–Kier alpha value is -0.610. The molecular weight excluding hydrogens is 216 g/mol. The first-order valence-corrected chi connectivity index (χ1v) is 6.63. The van der Waals surface area contributed by atoms with E-state index in [4.69, 9.17) is 4.74 Å². The Morgan fingerprint density at radius 3 is 2.53 bits per heavy atom. The molecule has 1 saturated heterocycles. The molecule has 1 saturated carbocycles. The molecule has 2 fully saturated rings. The summed E-state index contributed by atoms with van der Waals surface area (Å²) in [5.41, 5.74) is 0. The zero-order chi connectivity index (χ0) is 12.4. The summed E-state index contributed by atoms with van der Waals surface area (Å²) in [6, 6.07) is 1.11. The molecular formula is C13H24N2O2. The van der Waals surface area contributed by atoms with Gasteiger partial charge in [-0.2, -0.15) is 0 Å². The monoisotopic (exact) mass is 240 g/mol. The van der Waals surface area contributed by atoms with Crippen LogP contribution in [-0.4, -0.2) is 50.2 Å².